The Bertz CT molecular complexity index is 688. The molecule has 1 aromatic carbocycles. The molecule has 0 spiro atoms. The molecule has 23 heavy (non-hydrogen) atoms. The summed E-state index contributed by atoms with van der Waals surface area (Å²) in [5.74, 6) is 2.13. The predicted molar refractivity (Wildman–Crippen MR) is 99.4 cm³/mol. The zero-order valence-electron chi connectivity index (χ0n) is 15.0. The van der Waals surface area contributed by atoms with Crippen molar-refractivity contribution in [1.82, 2.24) is 0 Å². The summed E-state index contributed by atoms with van der Waals surface area (Å²) in [5.41, 5.74) is 8.06. The normalized spacial score (nSPS) is 32.2. The van der Waals surface area contributed by atoms with Crippen LogP contribution in [0.4, 0.5) is 0 Å². The van der Waals surface area contributed by atoms with Crippen molar-refractivity contribution in [2.75, 3.05) is 0 Å². The highest BCUT2D eigenvalue weighted by Gasteiger charge is 2.55. The predicted octanol–water partition coefficient (Wildman–Crippen LogP) is 6.65. The van der Waals surface area contributed by atoms with E-state index in [1.807, 2.05) is 0 Å². The molecule has 0 nitrogen and oxygen atoms in total. The van der Waals surface area contributed by atoms with E-state index in [0.29, 0.717) is 17.3 Å². The monoisotopic (exact) mass is 305 g/mol. The molecule has 0 radical (unpaired) electrons. The minimum Gasteiger partial charge on any atom is -0.0763 e. The molecule has 0 amide bonds. The molecule has 3 aliphatic carbocycles. The van der Waals surface area contributed by atoms with Crippen LogP contribution in [-0.4, -0.2) is 0 Å². The molecule has 4 rings (SSSR count). The van der Waals surface area contributed by atoms with Crippen LogP contribution >= 0.6 is 0 Å². The highest BCUT2D eigenvalue weighted by molar-refractivity contribution is 5.76. The maximum absolute atomic E-state index is 2.63. The Labute approximate surface area is 141 Å². The smallest absolute Gasteiger partial charge is 0.0763 e. The van der Waals surface area contributed by atoms with Gasteiger partial charge in [-0.3, -0.25) is 0 Å². The van der Waals surface area contributed by atoms with Crippen LogP contribution in [0.25, 0.3) is 5.57 Å². The van der Waals surface area contributed by atoms with Crippen LogP contribution in [-0.2, 0) is 0 Å². The van der Waals surface area contributed by atoms with Crippen molar-refractivity contribution in [1.29, 1.82) is 0 Å². The van der Waals surface area contributed by atoms with E-state index < -0.39 is 0 Å². The van der Waals surface area contributed by atoms with Gasteiger partial charge in [0.15, 0.2) is 0 Å². The number of benzene rings is 1. The van der Waals surface area contributed by atoms with E-state index in [2.05, 4.69) is 64.5 Å². The van der Waals surface area contributed by atoms with E-state index >= 15 is 0 Å². The number of rotatable bonds is 2. The first-order valence-electron chi connectivity index (χ1n) is 9.34. The van der Waals surface area contributed by atoms with Crippen LogP contribution in [0.3, 0.4) is 0 Å². The highest BCUT2D eigenvalue weighted by Crippen LogP contribution is 2.61. The molecule has 3 aliphatic rings. The van der Waals surface area contributed by atoms with Crippen LogP contribution in [0.15, 0.2) is 35.9 Å². The Hall–Kier alpha value is -1.43. The number of hydrogen-bond donors (Lipinski definition) is 0. The Kier molecular flexibility index (Phi) is 3.48. The van der Waals surface area contributed by atoms with Gasteiger partial charge in [0.25, 0.3) is 0 Å². The van der Waals surface area contributed by atoms with Crippen LogP contribution in [0.2, 0.25) is 0 Å². The van der Waals surface area contributed by atoms with Gasteiger partial charge < -0.3 is 0 Å². The third-order valence-electron chi connectivity index (χ3n) is 6.43. The molecule has 120 valence electrons. The van der Waals surface area contributed by atoms with Crippen molar-refractivity contribution in [2.24, 2.45) is 11.3 Å². The summed E-state index contributed by atoms with van der Waals surface area (Å²) in [5, 5.41) is 0. The van der Waals surface area contributed by atoms with Gasteiger partial charge in [-0.25, -0.2) is 0 Å². The Morgan fingerprint density at radius 3 is 2.78 bits per heavy atom. The van der Waals surface area contributed by atoms with E-state index in [0.717, 1.165) is 5.92 Å². The fourth-order valence-electron chi connectivity index (χ4n) is 5.52. The SMILES string of the molecule is CC1=CC(c2ccc3c(c2)C(C(C)C)C2(C)[CH+]CC3C2)=CCC1. The van der Waals surface area contributed by atoms with Crippen molar-refractivity contribution in [3.8, 4) is 0 Å². The topological polar surface area (TPSA) is 0 Å². The fourth-order valence-corrected chi connectivity index (χ4v) is 5.52. The summed E-state index contributed by atoms with van der Waals surface area (Å²) in [6.07, 6.45) is 12.5. The first-order valence-corrected chi connectivity index (χ1v) is 9.34. The molecule has 0 saturated heterocycles. The lowest BCUT2D eigenvalue weighted by atomic mass is 9.62. The highest BCUT2D eigenvalue weighted by atomic mass is 14.5. The molecule has 1 aromatic rings. The van der Waals surface area contributed by atoms with Gasteiger partial charge in [0.2, 0.25) is 0 Å². The van der Waals surface area contributed by atoms with Gasteiger partial charge in [0, 0.05) is 18.3 Å². The molecule has 0 aliphatic heterocycles. The molecular weight excluding hydrogens is 276 g/mol. The van der Waals surface area contributed by atoms with Gasteiger partial charge in [-0.15, -0.1) is 0 Å². The second-order valence-electron chi connectivity index (χ2n) is 8.60. The van der Waals surface area contributed by atoms with Crippen molar-refractivity contribution in [2.45, 2.75) is 65.2 Å². The van der Waals surface area contributed by atoms with Gasteiger partial charge >= 0.3 is 0 Å². The first-order chi connectivity index (χ1) is 11.0. The number of hydrogen-bond acceptors (Lipinski definition) is 0. The minimum absolute atomic E-state index is 0.400. The Morgan fingerprint density at radius 1 is 1.22 bits per heavy atom. The molecule has 3 unspecified atom stereocenters. The van der Waals surface area contributed by atoms with E-state index in [1.54, 1.807) is 11.1 Å². The van der Waals surface area contributed by atoms with E-state index in [1.165, 1.54) is 42.4 Å². The lowest BCUT2D eigenvalue weighted by Gasteiger charge is -2.37. The molecule has 3 atom stereocenters. The molecular formula is C23H29+. The maximum atomic E-state index is 2.63. The van der Waals surface area contributed by atoms with Gasteiger partial charge in [-0.2, -0.15) is 0 Å². The average molecular weight is 305 g/mol. The summed E-state index contributed by atoms with van der Waals surface area (Å²) in [7, 11) is 0. The Morgan fingerprint density at radius 2 is 2.04 bits per heavy atom. The van der Waals surface area contributed by atoms with Crippen LogP contribution in [0.5, 0.6) is 0 Å². The summed E-state index contributed by atoms with van der Waals surface area (Å²) < 4.78 is 0. The largest absolute Gasteiger partial charge is 0.113 e. The van der Waals surface area contributed by atoms with Gasteiger partial charge in [-0.1, -0.05) is 49.8 Å². The maximum Gasteiger partial charge on any atom is 0.113 e. The van der Waals surface area contributed by atoms with Crippen molar-refractivity contribution in [3.63, 3.8) is 0 Å². The molecule has 0 heteroatoms. The number of allylic oxidation sites excluding steroid dienone is 4. The lowest BCUT2D eigenvalue weighted by molar-refractivity contribution is 0.236. The Balaban J connectivity index is 1.82. The van der Waals surface area contributed by atoms with Gasteiger partial charge in [0.1, 0.15) is 5.41 Å². The van der Waals surface area contributed by atoms with Crippen LogP contribution in [0, 0.1) is 17.8 Å². The van der Waals surface area contributed by atoms with E-state index in [9.17, 15) is 0 Å². The van der Waals surface area contributed by atoms with Crippen LogP contribution < -0.4 is 0 Å². The minimum atomic E-state index is 0.400. The molecule has 1 saturated carbocycles. The zero-order chi connectivity index (χ0) is 16.2. The zero-order valence-corrected chi connectivity index (χ0v) is 15.0. The molecule has 0 heterocycles. The fraction of sp³-hybridized carbons (Fsp3) is 0.522. The second kappa shape index (κ2) is 5.30. The standard InChI is InChI=1S/C23H29/c1-15(2)22-21-13-18(17-7-5-6-16(3)12-17)8-9-20(21)19-10-11-23(22,4)14-19/h7-9,11-13,15,19,22H,5-6,10,14H2,1-4H3/q+1. The molecule has 0 N–H and O–H groups in total. The van der Waals surface area contributed by atoms with Gasteiger partial charge in [-0.05, 0) is 54.9 Å². The number of fused-ring (bicyclic) bond motifs is 4. The van der Waals surface area contributed by atoms with Crippen molar-refractivity contribution in [3.05, 3.63) is 59.0 Å². The van der Waals surface area contributed by atoms with Crippen LogP contribution in [0.1, 0.15) is 81.9 Å². The quantitative estimate of drug-likeness (QED) is 0.536. The van der Waals surface area contributed by atoms with Crippen molar-refractivity contribution < 1.29 is 0 Å². The third-order valence-corrected chi connectivity index (χ3v) is 6.43. The summed E-state index contributed by atoms with van der Waals surface area (Å²) in [4.78, 5) is 0. The summed E-state index contributed by atoms with van der Waals surface area (Å²) in [6.45, 7) is 9.57. The summed E-state index contributed by atoms with van der Waals surface area (Å²) >= 11 is 0. The average Bonchev–Trinajstić information content (AvgIpc) is 2.84. The molecule has 0 aromatic heterocycles. The second-order valence-corrected chi connectivity index (χ2v) is 8.60. The lowest BCUT2D eigenvalue weighted by Crippen LogP contribution is -2.31. The van der Waals surface area contributed by atoms with Crippen molar-refractivity contribution >= 4 is 5.57 Å². The molecule has 1 fully saturated rings. The van der Waals surface area contributed by atoms with E-state index in [4.69, 9.17) is 0 Å². The third kappa shape index (κ3) is 2.38. The van der Waals surface area contributed by atoms with Gasteiger partial charge in [0.05, 0.1) is 12.8 Å². The molecule has 2 bridgehead atoms. The van der Waals surface area contributed by atoms with E-state index in [-0.39, 0.29) is 0 Å². The summed E-state index contributed by atoms with van der Waals surface area (Å²) in [6, 6.07) is 7.35. The first kappa shape index (κ1) is 15.1.